The third-order valence-corrected chi connectivity index (χ3v) is 4.55. The molecule has 0 aliphatic heterocycles. The van der Waals surface area contributed by atoms with Crippen molar-refractivity contribution >= 4 is 35.0 Å². The van der Waals surface area contributed by atoms with Gasteiger partial charge in [-0.15, -0.1) is 11.8 Å². The lowest BCUT2D eigenvalue weighted by atomic mass is 10.1. The van der Waals surface area contributed by atoms with Gasteiger partial charge in [0.25, 0.3) is 5.69 Å². The lowest BCUT2D eigenvalue weighted by Crippen LogP contribution is -2.17. The van der Waals surface area contributed by atoms with Gasteiger partial charge in [-0.1, -0.05) is 29.8 Å². The van der Waals surface area contributed by atoms with Crippen LogP contribution in [0.25, 0.3) is 0 Å². The zero-order valence-electron chi connectivity index (χ0n) is 15.0. The van der Waals surface area contributed by atoms with Gasteiger partial charge >= 0.3 is 5.97 Å². The maximum Gasteiger partial charge on any atom is 0.316 e. The van der Waals surface area contributed by atoms with E-state index in [0.717, 1.165) is 17.3 Å². The topological polar surface area (TPSA) is 98.5 Å². The van der Waals surface area contributed by atoms with Gasteiger partial charge in [0.1, 0.15) is 6.10 Å². The highest BCUT2D eigenvalue weighted by atomic mass is 32.2. The molecule has 0 heterocycles. The normalized spacial score (nSPS) is 11.5. The van der Waals surface area contributed by atoms with E-state index in [9.17, 15) is 19.7 Å². The molecule has 0 aromatic heterocycles. The Balaban J connectivity index is 1.75. The molecule has 2 rings (SSSR count). The highest BCUT2D eigenvalue weighted by molar-refractivity contribution is 8.00. The molecule has 1 N–H and O–H groups in total. The molecule has 2 aromatic carbocycles. The predicted molar refractivity (Wildman–Crippen MR) is 105 cm³/mol. The number of rotatable bonds is 8. The molecule has 1 atom stereocenters. The van der Waals surface area contributed by atoms with Gasteiger partial charge in [0.05, 0.1) is 16.4 Å². The Morgan fingerprint density at radius 1 is 1.19 bits per heavy atom. The number of hydrogen-bond donors (Lipinski definition) is 1. The third kappa shape index (κ3) is 6.74. The van der Waals surface area contributed by atoms with Crippen molar-refractivity contribution in [1.29, 1.82) is 0 Å². The number of esters is 1. The Labute approximate surface area is 161 Å². The molecule has 0 saturated carbocycles. The quantitative estimate of drug-likeness (QED) is 0.419. The fraction of sp³-hybridized carbons (Fsp3) is 0.263. The van der Waals surface area contributed by atoms with Gasteiger partial charge in [0.2, 0.25) is 5.91 Å². The first-order valence-corrected chi connectivity index (χ1v) is 9.38. The molecule has 0 fully saturated rings. The highest BCUT2D eigenvalue weighted by Crippen LogP contribution is 2.22. The van der Waals surface area contributed by atoms with Crippen molar-refractivity contribution in [2.75, 3.05) is 16.8 Å². The predicted octanol–water partition coefficient (Wildman–Crippen LogP) is 3.88. The van der Waals surface area contributed by atoms with E-state index >= 15 is 0 Å². The molecule has 1 amide bonds. The van der Waals surface area contributed by atoms with Crippen LogP contribution >= 0.6 is 11.8 Å². The molecule has 0 aliphatic carbocycles. The number of thioether (sulfide) groups is 1. The van der Waals surface area contributed by atoms with E-state index in [1.54, 1.807) is 19.1 Å². The van der Waals surface area contributed by atoms with Gasteiger partial charge in [-0.05, 0) is 31.5 Å². The molecular weight excluding hydrogens is 368 g/mol. The summed E-state index contributed by atoms with van der Waals surface area (Å²) >= 11 is 1.14. The lowest BCUT2D eigenvalue weighted by molar-refractivity contribution is -0.385. The molecule has 27 heavy (non-hydrogen) atoms. The maximum absolute atomic E-state index is 11.9. The minimum Gasteiger partial charge on any atom is -0.457 e. The number of anilines is 1. The second-order valence-corrected chi connectivity index (χ2v) is 6.88. The lowest BCUT2D eigenvalue weighted by Gasteiger charge is -2.13. The van der Waals surface area contributed by atoms with Gasteiger partial charge in [-0.2, -0.15) is 0 Å². The van der Waals surface area contributed by atoms with E-state index in [1.165, 1.54) is 12.1 Å². The van der Waals surface area contributed by atoms with E-state index in [0.29, 0.717) is 11.3 Å². The Morgan fingerprint density at radius 3 is 2.56 bits per heavy atom. The molecule has 0 aliphatic rings. The summed E-state index contributed by atoms with van der Waals surface area (Å²) in [7, 11) is 0. The summed E-state index contributed by atoms with van der Waals surface area (Å²) in [5, 5.41) is 13.6. The van der Waals surface area contributed by atoms with Gasteiger partial charge < -0.3 is 10.1 Å². The third-order valence-electron chi connectivity index (χ3n) is 3.65. The molecule has 8 heteroatoms. The number of carbonyl (C=O) groups excluding carboxylic acids is 2. The first kappa shape index (κ1) is 20.4. The second-order valence-electron chi connectivity index (χ2n) is 5.89. The molecule has 142 valence electrons. The second kappa shape index (κ2) is 9.72. The summed E-state index contributed by atoms with van der Waals surface area (Å²) in [5.74, 6) is -0.556. The zero-order chi connectivity index (χ0) is 19.8. The van der Waals surface area contributed by atoms with Crippen molar-refractivity contribution in [1.82, 2.24) is 0 Å². The Hall–Kier alpha value is -2.87. The minimum atomic E-state index is -0.612. The molecule has 0 saturated heterocycles. The number of nitrogens with one attached hydrogen (secondary N) is 1. The number of nitro groups is 1. The van der Waals surface area contributed by atoms with Crippen molar-refractivity contribution in [3.05, 3.63) is 69.8 Å². The summed E-state index contributed by atoms with van der Waals surface area (Å²) in [6.07, 6.45) is -0.612. The van der Waals surface area contributed by atoms with Gasteiger partial charge in [0, 0.05) is 17.8 Å². The van der Waals surface area contributed by atoms with Crippen molar-refractivity contribution in [3.8, 4) is 0 Å². The SMILES string of the molecule is Cc1ccc(NC(=O)CSCC(=O)O[C@@H](C)c2cccc([N+](=O)[O-])c2)cc1. The molecular formula is C19H20N2O5S. The van der Waals surface area contributed by atoms with Crippen molar-refractivity contribution in [3.63, 3.8) is 0 Å². The van der Waals surface area contributed by atoms with Crippen LogP contribution in [0.15, 0.2) is 48.5 Å². The molecule has 0 radical (unpaired) electrons. The van der Waals surface area contributed by atoms with Crippen LogP contribution in [0.2, 0.25) is 0 Å². The van der Waals surface area contributed by atoms with Crippen LogP contribution < -0.4 is 5.32 Å². The average molecular weight is 388 g/mol. The summed E-state index contributed by atoms with van der Waals surface area (Å²) in [4.78, 5) is 34.1. The Morgan fingerprint density at radius 2 is 1.89 bits per heavy atom. The Bertz CT molecular complexity index is 823. The first-order chi connectivity index (χ1) is 12.8. The number of ether oxygens (including phenoxy) is 1. The van der Waals surface area contributed by atoms with Gasteiger partial charge in [0.15, 0.2) is 0 Å². The first-order valence-electron chi connectivity index (χ1n) is 8.23. The fourth-order valence-corrected chi connectivity index (χ4v) is 2.85. The molecule has 0 spiro atoms. The number of aryl methyl sites for hydroxylation is 1. The van der Waals surface area contributed by atoms with E-state index in [-0.39, 0.29) is 23.1 Å². The van der Waals surface area contributed by atoms with Gasteiger partial charge in [-0.3, -0.25) is 19.7 Å². The monoisotopic (exact) mass is 388 g/mol. The number of carbonyl (C=O) groups is 2. The van der Waals surface area contributed by atoms with Crippen LogP contribution in [0.3, 0.4) is 0 Å². The van der Waals surface area contributed by atoms with Crippen LogP contribution in [0.4, 0.5) is 11.4 Å². The molecule has 0 unspecified atom stereocenters. The molecule has 7 nitrogen and oxygen atoms in total. The zero-order valence-corrected chi connectivity index (χ0v) is 15.8. The van der Waals surface area contributed by atoms with Crippen molar-refractivity contribution < 1.29 is 19.2 Å². The number of nitro benzene ring substituents is 1. The Kier molecular flexibility index (Phi) is 7.36. The summed E-state index contributed by atoms with van der Waals surface area (Å²) < 4.78 is 5.27. The average Bonchev–Trinajstić information content (AvgIpc) is 2.63. The van der Waals surface area contributed by atoms with Crippen LogP contribution in [-0.2, 0) is 14.3 Å². The van der Waals surface area contributed by atoms with Crippen LogP contribution in [0.1, 0.15) is 24.2 Å². The van der Waals surface area contributed by atoms with Crippen LogP contribution in [0, 0.1) is 17.0 Å². The minimum absolute atomic E-state index is 0.0145. The van der Waals surface area contributed by atoms with E-state index in [2.05, 4.69) is 5.32 Å². The van der Waals surface area contributed by atoms with Crippen LogP contribution in [0.5, 0.6) is 0 Å². The van der Waals surface area contributed by atoms with Crippen molar-refractivity contribution in [2.24, 2.45) is 0 Å². The standard InChI is InChI=1S/C19H20N2O5S/c1-13-6-8-16(9-7-13)20-18(22)11-27-12-19(23)26-14(2)15-4-3-5-17(10-15)21(24)25/h3-10,14H,11-12H2,1-2H3,(H,20,22)/t14-/m0/s1. The van der Waals surface area contributed by atoms with Gasteiger partial charge in [-0.25, -0.2) is 0 Å². The highest BCUT2D eigenvalue weighted by Gasteiger charge is 2.15. The molecule has 0 bridgehead atoms. The molecule has 2 aromatic rings. The van der Waals surface area contributed by atoms with Crippen molar-refractivity contribution in [2.45, 2.75) is 20.0 Å². The number of amides is 1. The van der Waals surface area contributed by atoms with E-state index in [4.69, 9.17) is 4.74 Å². The van der Waals surface area contributed by atoms with Crippen LogP contribution in [-0.4, -0.2) is 28.3 Å². The number of benzene rings is 2. The number of nitrogens with zero attached hydrogens (tertiary/aromatic N) is 1. The summed E-state index contributed by atoms with van der Waals surface area (Å²) in [5.41, 5.74) is 2.29. The largest absolute Gasteiger partial charge is 0.457 e. The van der Waals surface area contributed by atoms with E-state index < -0.39 is 17.0 Å². The number of non-ortho nitro benzene ring substituents is 1. The smallest absolute Gasteiger partial charge is 0.316 e. The maximum atomic E-state index is 11.9. The van der Waals surface area contributed by atoms with E-state index in [1.807, 2.05) is 31.2 Å². The summed E-state index contributed by atoms with van der Waals surface area (Å²) in [6, 6.07) is 13.4. The summed E-state index contributed by atoms with van der Waals surface area (Å²) in [6.45, 7) is 3.60. The fourth-order valence-electron chi connectivity index (χ4n) is 2.25. The number of hydrogen-bond acceptors (Lipinski definition) is 6.